The third kappa shape index (κ3) is 5.24. The van der Waals surface area contributed by atoms with E-state index in [0.717, 1.165) is 35.5 Å². The Hall–Kier alpha value is -2.40. The first-order valence-electron chi connectivity index (χ1n) is 12.7. The van der Waals surface area contributed by atoms with Gasteiger partial charge in [-0.2, -0.15) is 0 Å². The van der Waals surface area contributed by atoms with Crippen LogP contribution in [0.1, 0.15) is 50.5 Å². The van der Waals surface area contributed by atoms with Crippen molar-refractivity contribution in [3.63, 3.8) is 0 Å². The zero-order valence-corrected chi connectivity index (χ0v) is 19.9. The van der Waals surface area contributed by atoms with E-state index in [1.54, 1.807) is 7.05 Å². The number of rotatable bonds is 5. The van der Waals surface area contributed by atoms with Crippen molar-refractivity contribution < 1.29 is 9.47 Å². The molecule has 1 aromatic rings. The lowest BCUT2D eigenvalue weighted by Crippen LogP contribution is -2.37. The fraction of sp³-hybridized carbons (Fsp3) is 0.571. The normalized spacial score (nSPS) is 27.6. The van der Waals surface area contributed by atoms with E-state index in [4.69, 9.17) is 14.9 Å². The smallest absolute Gasteiger partial charge is 0.231 e. The molecular weight excluding hydrogens is 410 g/mol. The van der Waals surface area contributed by atoms with Crippen LogP contribution in [0, 0.1) is 23.2 Å². The van der Waals surface area contributed by atoms with E-state index in [9.17, 15) is 0 Å². The second-order valence-corrected chi connectivity index (χ2v) is 10.2. The van der Waals surface area contributed by atoms with E-state index in [-0.39, 0.29) is 0 Å². The maximum absolute atomic E-state index is 8.53. The molecule has 2 aliphatic heterocycles. The highest BCUT2D eigenvalue weighted by Gasteiger charge is 2.28. The van der Waals surface area contributed by atoms with E-state index < -0.39 is 0 Å². The molecule has 1 aromatic carbocycles. The van der Waals surface area contributed by atoms with Gasteiger partial charge in [-0.15, -0.1) is 0 Å². The quantitative estimate of drug-likeness (QED) is 0.482. The van der Waals surface area contributed by atoms with E-state index in [1.807, 2.05) is 6.08 Å². The molecule has 4 aliphatic rings. The molecule has 2 fully saturated rings. The molecule has 1 saturated heterocycles. The lowest BCUT2D eigenvalue weighted by atomic mass is 9.84. The largest absolute Gasteiger partial charge is 0.454 e. The van der Waals surface area contributed by atoms with Gasteiger partial charge in [0.25, 0.3) is 0 Å². The van der Waals surface area contributed by atoms with Crippen molar-refractivity contribution in [2.24, 2.45) is 22.7 Å². The maximum atomic E-state index is 8.53. The van der Waals surface area contributed by atoms with Crippen LogP contribution in [0.4, 0.5) is 0 Å². The number of allylic oxidation sites excluding steroid dienone is 4. The van der Waals surface area contributed by atoms with Gasteiger partial charge in [-0.1, -0.05) is 24.6 Å². The van der Waals surface area contributed by atoms with Crippen molar-refractivity contribution in [1.29, 1.82) is 5.41 Å². The third-order valence-electron chi connectivity index (χ3n) is 8.03. The summed E-state index contributed by atoms with van der Waals surface area (Å²) in [7, 11) is 1.79. The maximum Gasteiger partial charge on any atom is 0.231 e. The fourth-order valence-electron chi connectivity index (χ4n) is 6.10. The number of hydrogen-bond acceptors (Lipinski definition) is 5. The number of hydrogen-bond donors (Lipinski definition) is 1. The Morgan fingerprint density at radius 2 is 1.85 bits per heavy atom. The van der Waals surface area contributed by atoms with Gasteiger partial charge in [0.2, 0.25) is 6.79 Å². The van der Waals surface area contributed by atoms with Gasteiger partial charge in [0.15, 0.2) is 11.5 Å². The van der Waals surface area contributed by atoms with Crippen LogP contribution in [0.15, 0.2) is 47.0 Å². The second-order valence-electron chi connectivity index (χ2n) is 10.2. The number of fused-ring (bicyclic) bond motifs is 1. The number of ether oxygens (including phenoxy) is 2. The molecule has 176 valence electrons. The molecule has 5 rings (SSSR count). The van der Waals surface area contributed by atoms with E-state index in [1.165, 1.54) is 75.7 Å². The van der Waals surface area contributed by atoms with Gasteiger partial charge in [0, 0.05) is 13.6 Å². The van der Waals surface area contributed by atoms with Crippen LogP contribution < -0.4 is 9.47 Å². The van der Waals surface area contributed by atoms with Gasteiger partial charge < -0.3 is 14.4 Å². The Balaban J connectivity index is 1.08. The first-order chi connectivity index (χ1) is 16.2. The van der Waals surface area contributed by atoms with Gasteiger partial charge in [-0.3, -0.25) is 10.4 Å². The average molecular weight is 448 g/mol. The molecule has 0 amide bonds. The molecular formula is C28H37N3O2. The molecule has 33 heavy (non-hydrogen) atoms. The number of likely N-dealkylation sites (tertiary alicyclic amines) is 1. The molecule has 2 atom stereocenters. The predicted molar refractivity (Wildman–Crippen MR) is 134 cm³/mol. The van der Waals surface area contributed by atoms with Crippen molar-refractivity contribution in [3.05, 3.63) is 47.6 Å². The zero-order valence-electron chi connectivity index (χ0n) is 19.9. The van der Waals surface area contributed by atoms with E-state index >= 15 is 0 Å². The molecule has 5 heteroatoms. The van der Waals surface area contributed by atoms with Crippen LogP contribution in [0.2, 0.25) is 0 Å². The SMILES string of the molecule is CN=C1C=CC=C(C2CCCC(CN3CCC(Cc4ccc5c(c4)OCO5)CC3)CC2)C1=N. The first kappa shape index (κ1) is 22.4. The molecule has 2 heterocycles. The van der Waals surface area contributed by atoms with Crippen molar-refractivity contribution in [1.82, 2.24) is 4.90 Å². The van der Waals surface area contributed by atoms with Gasteiger partial charge in [-0.25, -0.2) is 0 Å². The first-order valence-corrected chi connectivity index (χ1v) is 12.7. The average Bonchev–Trinajstić information content (AvgIpc) is 3.18. The second kappa shape index (κ2) is 10.3. The number of aliphatic imine (C=N–C) groups is 1. The summed E-state index contributed by atoms with van der Waals surface area (Å²) < 4.78 is 11.0. The summed E-state index contributed by atoms with van der Waals surface area (Å²) in [6.07, 6.45) is 16.3. The third-order valence-corrected chi connectivity index (χ3v) is 8.03. The Bertz CT molecular complexity index is 956. The zero-order chi connectivity index (χ0) is 22.6. The molecule has 0 radical (unpaired) electrons. The summed E-state index contributed by atoms with van der Waals surface area (Å²) in [6, 6.07) is 6.43. The van der Waals surface area contributed by atoms with Crippen molar-refractivity contribution >= 4 is 11.4 Å². The van der Waals surface area contributed by atoms with Crippen LogP contribution in [0.3, 0.4) is 0 Å². The molecule has 2 unspecified atom stereocenters. The minimum atomic E-state index is 0.351. The lowest BCUT2D eigenvalue weighted by Gasteiger charge is -2.34. The topological polar surface area (TPSA) is 57.9 Å². The summed E-state index contributed by atoms with van der Waals surface area (Å²) in [6.45, 7) is 4.06. The van der Waals surface area contributed by atoms with Crippen LogP contribution in [-0.4, -0.2) is 49.8 Å². The highest BCUT2D eigenvalue weighted by atomic mass is 16.7. The molecule has 0 aromatic heterocycles. The monoisotopic (exact) mass is 447 g/mol. The van der Waals surface area contributed by atoms with Crippen LogP contribution in [-0.2, 0) is 6.42 Å². The standard InChI is InChI=1S/C28H37N3O2/c1-30-25-7-3-6-24(28(25)29)23-5-2-4-21(8-10-23)18-31-14-12-20(13-15-31)16-22-9-11-26-27(17-22)33-19-32-26/h3,6-7,9,11,17,20-21,23,29H,2,4-5,8,10,12-16,18-19H2,1H3. The van der Waals surface area contributed by atoms with Crippen molar-refractivity contribution in [3.8, 4) is 11.5 Å². The van der Waals surface area contributed by atoms with Crippen LogP contribution in [0.25, 0.3) is 0 Å². The minimum absolute atomic E-state index is 0.351. The van der Waals surface area contributed by atoms with Gasteiger partial charge in [0.05, 0.1) is 11.4 Å². The minimum Gasteiger partial charge on any atom is -0.454 e. The summed E-state index contributed by atoms with van der Waals surface area (Å²) in [5, 5.41) is 8.53. The molecule has 0 spiro atoms. The van der Waals surface area contributed by atoms with E-state index in [2.05, 4.69) is 40.2 Å². The summed E-state index contributed by atoms with van der Waals surface area (Å²) >= 11 is 0. The molecule has 5 nitrogen and oxygen atoms in total. The summed E-state index contributed by atoms with van der Waals surface area (Å²) in [4.78, 5) is 7.00. The highest BCUT2D eigenvalue weighted by molar-refractivity contribution is 6.51. The molecule has 2 aliphatic carbocycles. The van der Waals surface area contributed by atoms with Crippen molar-refractivity contribution in [2.75, 3.05) is 33.5 Å². The van der Waals surface area contributed by atoms with Gasteiger partial charge >= 0.3 is 0 Å². The number of piperidine rings is 1. The highest BCUT2D eigenvalue weighted by Crippen LogP contribution is 2.36. The number of nitrogens with zero attached hydrogens (tertiary/aromatic N) is 2. The summed E-state index contributed by atoms with van der Waals surface area (Å²) in [5.74, 6) is 3.88. The molecule has 1 saturated carbocycles. The number of benzene rings is 1. The lowest BCUT2D eigenvalue weighted by molar-refractivity contribution is 0.154. The Kier molecular flexibility index (Phi) is 6.96. The fourth-order valence-corrected chi connectivity index (χ4v) is 6.10. The van der Waals surface area contributed by atoms with Crippen LogP contribution >= 0.6 is 0 Å². The van der Waals surface area contributed by atoms with E-state index in [0.29, 0.717) is 18.4 Å². The molecule has 1 N–H and O–H groups in total. The Morgan fingerprint density at radius 3 is 2.70 bits per heavy atom. The predicted octanol–water partition coefficient (Wildman–Crippen LogP) is 5.45. The summed E-state index contributed by atoms with van der Waals surface area (Å²) in [5.41, 5.74) is 4.06. The Morgan fingerprint density at radius 1 is 1.00 bits per heavy atom. The Labute approximate surface area is 198 Å². The van der Waals surface area contributed by atoms with Crippen molar-refractivity contribution in [2.45, 2.75) is 51.4 Å². The molecule has 0 bridgehead atoms. The van der Waals surface area contributed by atoms with Gasteiger partial charge in [-0.05, 0) is 105 Å². The van der Waals surface area contributed by atoms with Crippen LogP contribution in [0.5, 0.6) is 11.5 Å². The van der Waals surface area contributed by atoms with Gasteiger partial charge in [0.1, 0.15) is 0 Å². The number of nitrogens with one attached hydrogen (secondary N) is 1.